The lowest BCUT2D eigenvalue weighted by Crippen LogP contribution is -2.30. The first-order chi connectivity index (χ1) is 28.6. The summed E-state index contributed by atoms with van der Waals surface area (Å²) in [7, 11) is 0. The number of rotatable bonds is 45. The second-order valence-electron chi connectivity index (χ2n) is 16.3. The van der Waals surface area contributed by atoms with E-state index in [2.05, 4.69) is 81.5 Å². The van der Waals surface area contributed by atoms with Gasteiger partial charge in [0.1, 0.15) is 6.61 Å². The van der Waals surface area contributed by atoms with Crippen molar-refractivity contribution in [1.29, 1.82) is 0 Å². The summed E-state index contributed by atoms with van der Waals surface area (Å²) >= 11 is 0. The quantitative estimate of drug-likeness (QED) is 0.0348. The minimum atomic E-state index is -0.554. The average Bonchev–Trinajstić information content (AvgIpc) is 3.22. The molecule has 0 aliphatic rings. The molecule has 0 saturated carbocycles. The van der Waals surface area contributed by atoms with Crippen molar-refractivity contribution in [1.82, 2.24) is 0 Å². The van der Waals surface area contributed by atoms with Crippen LogP contribution in [0, 0.1) is 0 Å². The maximum Gasteiger partial charge on any atom is 0.306 e. The van der Waals surface area contributed by atoms with Gasteiger partial charge in [-0.05, 0) is 77.0 Å². The number of ether oxygens (including phenoxy) is 3. The Labute approximate surface area is 360 Å². The molecule has 0 aliphatic carbocycles. The second-order valence-corrected chi connectivity index (χ2v) is 16.3. The van der Waals surface area contributed by atoms with Crippen LogP contribution in [-0.2, 0) is 23.8 Å². The molecule has 0 heterocycles. The number of esters is 2. The number of carbonyl (C=O) groups is 2. The Morgan fingerprint density at radius 1 is 0.397 bits per heavy atom. The molecule has 0 spiro atoms. The third-order valence-corrected chi connectivity index (χ3v) is 10.5. The van der Waals surface area contributed by atoms with E-state index in [-0.39, 0.29) is 25.2 Å². The van der Waals surface area contributed by atoms with Crippen molar-refractivity contribution in [2.75, 3.05) is 19.8 Å². The number of unbranched alkanes of at least 4 members (excludes halogenated alkanes) is 24. The van der Waals surface area contributed by atoms with Crippen LogP contribution in [0.4, 0.5) is 0 Å². The maximum atomic E-state index is 12.7. The Morgan fingerprint density at radius 3 is 1.34 bits per heavy atom. The Balaban J connectivity index is 4.29. The Kier molecular flexibility index (Phi) is 46.9. The van der Waals surface area contributed by atoms with E-state index in [1.807, 2.05) is 0 Å². The van der Waals surface area contributed by atoms with E-state index >= 15 is 0 Å². The van der Waals surface area contributed by atoms with Gasteiger partial charge < -0.3 is 14.2 Å². The third kappa shape index (κ3) is 46.3. The summed E-state index contributed by atoms with van der Waals surface area (Å²) in [6.45, 7) is 7.65. The van der Waals surface area contributed by atoms with Crippen LogP contribution in [0.2, 0.25) is 0 Å². The van der Waals surface area contributed by atoms with Gasteiger partial charge in [0.2, 0.25) is 0 Å². The van der Waals surface area contributed by atoms with Crippen molar-refractivity contribution < 1.29 is 23.8 Å². The number of hydrogen-bond acceptors (Lipinski definition) is 5. The van der Waals surface area contributed by atoms with Crippen molar-refractivity contribution in [2.45, 2.75) is 245 Å². The number of carbonyl (C=O) groups excluding carboxylic acids is 2. The smallest absolute Gasteiger partial charge is 0.306 e. The summed E-state index contributed by atoms with van der Waals surface area (Å²) in [5.74, 6) is -0.451. The predicted molar refractivity (Wildman–Crippen MR) is 251 cm³/mol. The van der Waals surface area contributed by atoms with Gasteiger partial charge in [-0.3, -0.25) is 9.59 Å². The largest absolute Gasteiger partial charge is 0.462 e. The molecule has 0 bridgehead atoms. The van der Waals surface area contributed by atoms with Gasteiger partial charge in [-0.1, -0.05) is 210 Å². The lowest BCUT2D eigenvalue weighted by Gasteiger charge is -2.18. The highest BCUT2D eigenvalue weighted by atomic mass is 16.6. The van der Waals surface area contributed by atoms with E-state index in [1.54, 1.807) is 0 Å². The van der Waals surface area contributed by atoms with Crippen molar-refractivity contribution in [2.24, 2.45) is 0 Å². The topological polar surface area (TPSA) is 61.8 Å². The molecule has 0 aromatic carbocycles. The van der Waals surface area contributed by atoms with Gasteiger partial charge in [-0.25, -0.2) is 0 Å². The zero-order valence-electron chi connectivity index (χ0n) is 38.6. The molecule has 0 N–H and O–H groups in total. The molecule has 1 atom stereocenters. The molecule has 58 heavy (non-hydrogen) atoms. The number of allylic oxidation sites excluding steroid dienone is 10. The SMILES string of the molecule is CC/C=C\C/C=C\C/C=C\C/C=C\CCCCC(=O)OCC(COCCCCCCCCCCCCCCCCCC)OC(=O)CCCCCCC/C=C\CCCC. The Morgan fingerprint density at radius 2 is 0.793 bits per heavy atom. The molecule has 0 aromatic rings. The molecule has 0 fully saturated rings. The summed E-state index contributed by atoms with van der Waals surface area (Å²) in [5, 5.41) is 0. The molecular weight excluding hydrogens is 717 g/mol. The third-order valence-electron chi connectivity index (χ3n) is 10.5. The first kappa shape index (κ1) is 55.6. The van der Waals surface area contributed by atoms with Crippen LogP contribution < -0.4 is 0 Å². The van der Waals surface area contributed by atoms with Crippen LogP contribution in [0.1, 0.15) is 239 Å². The average molecular weight is 811 g/mol. The van der Waals surface area contributed by atoms with Gasteiger partial charge in [-0.15, -0.1) is 0 Å². The van der Waals surface area contributed by atoms with E-state index in [0.717, 1.165) is 83.5 Å². The first-order valence-corrected chi connectivity index (χ1v) is 24.8. The van der Waals surface area contributed by atoms with Crippen LogP contribution in [0.5, 0.6) is 0 Å². The summed E-state index contributed by atoms with van der Waals surface area (Å²) in [6, 6.07) is 0. The first-order valence-electron chi connectivity index (χ1n) is 24.8. The molecule has 5 heteroatoms. The molecule has 0 aromatic heterocycles. The highest BCUT2D eigenvalue weighted by Gasteiger charge is 2.17. The van der Waals surface area contributed by atoms with Crippen molar-refractivity contribution in [3.05, 3.63) is 60.8 Å². The van der Waals surface area contributed by atoms with Crippen molar-refractivity contribution >= 4 is 11.9 Å². The highest BCUT2D eigenvalue weighted by molar-refractivity contribution is 5.70. The summed E-state index contributed by atoms with van der Waals surface area (Å²) in [4.78, 5) is 25.3. The lowest BCUT2D eigenvalue weighted by atomic mass is 10.0. The summed E-state index contributed by atoms with van der Waals surface area (Å²) in [6.07, 6.45) is 60.9. The number of hydrogen-bond donors (Lipinski definition) is 0. The molecule has 0 radical (unpaired) electrons. The predicted octanol–water partition coefficient (Wildman–Crippen LogP) is 16.6. The molecule has 0 amide bonds. The zero-order valence-corrected chi connectivity index (χ0v) is 38.6. The Hall–Kier alpha value is -2.40. The van der Waals surface area contributed by atoms with Gasteiger partial charge >= 0.3 is 11.9 Å². The van der Waals surface area contributed by atoms with E-state index in [0.29, 0.717) is 19.4 Å². The van der Waals surface area contributed by atoms with Crippen molar-refractivity contribution in [3.63, 3.8) is 0 Å². The summed E-state index contributed by atoms with van der Waals surface area (Å²) < 4.78 is 17.3. The van der Waals surface area contributed by atoms with Gasteiger partial charge in [0.05, 0.1) is 6.61 Å². The van der Waals surface area contributed by atoms with E-state index in [4.69, 9.17) is 14.2 Å². The van der Waals surface area contributed by atoms with Crippen LogP contribution in [0.3, 0.4) is 0 Å². The normalized spacial score (nSPS) is 12.7. The van der Waals surface area contributed by atoms with Crippen molar-refractivity contribution in [3.8, 4) is 0 Å². The van der Waals surface area contributed by atoms with E-state index < -0.39 is 6.10 Å². The molecule has 0 saturated heterocycles. The minimum absolute atomic E-state index is 0.0617. The van der Waals surface area contributed by atoms with Gasteiger partial charge in [0, 0.05) is 19.4 Å². The fourth-order valence-electron chi connectivity index (χ4n) is 6.83. The maximum absolute atomic E-state index is 12.7. The molecule has 5 nitrogen and oxygen atoms in total. The fraction of sp³-hybridized carbons (Fsp3) is 0.774. The lowest BCUT2D eigenvalue weighted by molar-refractivity contribution is -0.163. The zero-order chi connectivity index (χ0) is 42.1. The Bertz CT molecular complexity index is 1010. The molecule has 0 rings (SSSR count). The molecule has 1 unspecified atom stereocenters. The van der Waals surface area contributed by atoms with Gasteiger partial charge in [0.25, 0.3) is 0 Å². The molecule has 336 valence electrons. The fourth-order valence-corrected chi connectivity index (χ4v) is 6.83. The van der Waals surface area contributed by atoms with Crippen LogP contribution in [-0.4, -0.2) is 37.9 Å². The second kappa shape index (κ2) is 49.0. The van der Waals surface area contributed by atoms with E-state index in [1.165, 1.54) is 122 Å². The standard InChI is InChI=1S/C53H94O5/c1-4-7-10-13-16-19-22-24-26-28-30-33-36-39-42-45-48-56-49-51(58-53(55)47-44-41-38-35-31-21-18-15-12-9-6-3)50-57-52(54)46-43-40-37-34-32-29-27-25-23-20-17-14-11-8-5-2/h8,11,15,17-18,20,25,27,32,34,51H,4-7,9-10,12-14,16,19,21-24,26,28-31,33,35-50H2,1-3H3/b11-8-,18-15-,20-17-,27-25-,34-32-. The molecular formula is C53H94O5. The minimum Gasteiger partial charge on any atom is -0.462 e. The van der Waals surface area contributed by atoms with Crippen LogP contribution >= 0.6 is 0 Å². The van der Waals surface area contributed by atoms with Gasteiger partial charge in [-0.2, -0.15) is 0 Å². The highest BCUT2D eigenvalue weighted by Crippen LogP contribution is 2.15. The summed E-state index contributed by atoms with van der Waals surface area (Å²) in [5.41, 5.74) is 0. The van der Waals surface area contributed by atoms with Gasteiger partial charge in [0.15, 0.2) is 6.10 Å². The monoisotopic (exact) mass is 811 g/mol. The van der Waals surface area contributed by atoms with E-state index in [9.17, 15) is 9.59 Å². The molecule has 0 aliphatic heterocycles. The van der Waals surface area contributed by atoms with Crippen LogP contribution in [0.15, 0.2) is 60.8 Å². The van der Waals surface area contributed by atoms with Crippen LogP contribution in [0.25, 0.3) is 0 Å².